The summed E-state index contributed by atoms with van der Waals surface area (Å²) in [6.07, 6.45) is 0. The van der Waals surface area contributed by atoms with Crippen molar-refractivity contribution in [2.45, 2.75) is 10.8 Å². The first-order valence-electron chi connectivity index (χ1n) is 8.18. The van der Waals surface area contributed by atoms with Gasteiger partial charge in [-0.1, -0.05) is 12.1 Å². The fourth-order valence-electron chi connectivity index (χ4n) is 2.25. The van der Waals surface area contributed by atoms with Gasteiger partial charge in [-0.3, -0.25) is 4.99 Å². The van der Waals surface area contributed by atoms with Crippen molar-refractivity contribution in [1.29, 1.82) is 0 Å². The van der Waals surface area contributed by atoms with E-state index in [4.69, 9.17) is 9.47 Å². The molecule has 27 heavy (non-hydrogen) atoms. The van der Waals surface area contributed by atoms with Crippen LogP contribution in [0.5, 0.6) is 11.5 Å². The van der Waals surface area contributed by atoms with Gasteiger partial charge in [0.1, 0.15) is 4.21 Å². The number of thiophene rings is 1. The fourth-order valence-corrected chi connectivity index (χ4v) is 4.32. The minimum atomic E-state index is -3.45. The molecule has 0 aliphatic heterocycles. The van der Waals surface area contributed by atoms with Crippen LogP contribution in [0, 0.1) is 0 Å². The molecular formula is C17H24N4O4S2. The van der Waals surface area contributed by atoms with E-state index in [0.29, 0.717) is 34.8 Å². The monoisotopic (exact) mass is 412 g/mol. The summed E-state index contributed by atoms with van der Waals surface area (Å²) in [5.41, 5.74) is 0.994. The van der Waals surface area contributed by atoms with Crippen LogP contribution in [0.15, 0.2) is 44.9 Å². The third-order valence-corrected chi connectivity index (χ3v) is 6.46. The van der Waals surface area contributed by atoms with E-state index < -0.39 is 10.0 Å². The van der Waals surface area contributed by atoms with Crippen LogP contribution in [0.4, 0.5) is 0 Å². The molecule has 148 valence electrons. The highest BCUT2D eigenvalue weighted by Crippen LogP contribution is 2.27. The molecule has 0 aliphatic carbocycles. The molecule has 0 saturated heterocycles. The normalized spacial score (nSPS) is 11.9. The summed E-state index contributed by atoms with van der Waals surface area (Å²) in [4.78, 5) is 4.13. The van der Waals surface area contributed by atoms with Crippen LogP contribution < -0.4 is 24.8 Å². The Bertz CT molecular complexity index is 852. The number of hydrogen-bond acceptors (Lipinski definition) is 6. The average Bonchev–Trinajstić information content (AvgIpc) is 3.23. The van der Waals surface area contributed by atoms with Crippen molar-refractivity contribution in [3.05, 3.63) is 41.3 Å². The lowest BCUT2D eigenvalue weighted by Gasteiger charge is -2.13. The van der Waals surface area contributed by atoms with E-state index >= 15 is 0 Å². The molecule has 0 saturated carbocycles. The molecule has 8 nitrogen and oxygen atoms in total. The molecule has 2 rings (SSSR count). The van der Waals surface area contributed by atoms with Gasteiger partial charge in [-0.2, -0.15) is 0 Å². The third kappa shape index (κ3) is 6.12. The number of methoxy groups -OCH3 is 2. The van der Waals surface area contributed by atoms with Gasteiger partial charge in [0.15, 0.2) is 17.5 Å². The lowest BCUT2D eigenvalue weighted by atomic mass is 10.2. The van der Waals surface area contributed by atoms with Gasteiger partial charge >= 0.3 is 0 Å². The van der Waals surface area contributed by atoms with E-state index in [9.17, 15) is 8.42 Å². The van der Waals surface area contributed by atoms with Gasteiger partial charge in [0.05, 0.1) is 14.2 Å². The molecule has 0 bridgehead atoms. The van der Waals surface area contributed by atoms with Crippen molar-refractivity contribution in [2.24, 2.45) is 4.99 Å². The molecular weight excluding hydrogens is 388 g/mol. The Morgan fingerprint density at radius 3 is 2.52 bits per heavy atom. The zero-order valence-electron chi connectivity index (χ0n) is 15.5. The number of benzene rings is 1. The zero-order valence-corrected chi connectivity index (χ0v) is 17.1. The Morgan fingerprint density at radius 1 is 1.11 bits per heavy atom. The number of rotatable bonds is 9. The van der Waals surface area contributed by atoms with E-state index in [1.165, 1.54) is 11.3 Å². The molecule has 0 atom stereocenters. The van der Waals surface area contributed by atoms with Crippen LogP contribution in [-0.4, -0.2) is 48.7 Å². The van der Waals surface area contributed by atoms with Crippen LogP contribution in [0.1, 0.15) is 5.56 Å². The van der Waals surface area contributed by atoms with Gasteiger partial charge < -0.3 is 20.1 Å². The van der Waals surface area contributed by atoms with Gasteiger partial charge in [-0.05, 0) is 29.1 Å². The fraction of sp³-hybridized carbons (Fsp3) is 0.353. The van der Waals surface area contributed by atoms with Crippen molar-refractivity contribution in [3.8, 4) is 11.5 Å². The SMILES string of the molecule is CN=C(NCCNS(=O)(=O)c1cccs1)NCc1ccc(OC)c(OC)c1. The molecule has 10 heteroatoms. The zero-order chi connectivity index (χ0) is 19.7. The van der Waals surface area contributed by atoms with Crippen LogP contribution in [-0.2, 0) is 16.6 Å². The maximum absolute atomic E-state index is 12.0. The third-order valence-electron chi connectivity index (χ3n) is 3.60. The Hall–Kier alpha value is -2.30. The summed E-state index contributed by atoms with van der Waals surface area (Å²) in [5, 5.41) is 7.96. The van der Waals surface area contributed by atoms with Crippen LogP contribution in [0.3, 0.4) is 0 Å². The second kappa shape index (κ2) is 10.1. The van der Waals surface area contributed by atoms with Crippen molar-refractivity contribution in [1.82, 2.24) is 15.4 Å². The number of aliphatic imine (C=N–C) groups is 1. The predicted octanol–water partition coefficient (Wildman–Crippen LogP) is 1.41. The number of hydrogen-bond donors (Lipinski definition) is 3. The van der Waals surface area contributed by atoms with Gasteiger partial charge in [0, 0.05) is 26.7 Å². The molecule has 0 radical (unpaired) electrons. The maximum Gasteiger partial charge on any atom is 0.250 e. The summed E-state index contributed by atoms with van der Waals surface area (Å²) in [6, 6.07) is 8.93. The summed E-state index contributed by atoms with van der Waals surface area (Å²) in [6.45, 7) is 1.18. The predicted molar refractivity (Wildman–Crippen MR) is 107 cm³/mol. The average molecular weight is 413 g/mol. The molecule has 0 aliphatic rings. The molecule has 1 heterocycles. The van der Waals surface area contributed by atoms with Gasteiger partial charge in [0.25, 0.3) is 0 Å². The number of guanidine groups is 1. The van der Waals surface area contributed by atoms with Crippen LogP contribution in [0.25, 0.3) is 0 Å². The van der Waals surface area contributed by atoms with Crippen molar-refractivity contribution < 1.29 is 17.9 Å². The second-order valence-electron chi connectivity index (χ2n) is 5.37. The lowest BCUT2D eigenvalue weighted by Crippen LogP contribution is -2.41. The number of sulfonamides is 1. The number of nitrogens with zero attached hydrogens (tertiary/aromatic N) is 1. The topological polar surface area (TPSA) is 101 Å². The maximum atomic E-state index is 12.0. The Kier molecular flexibility index (Phi) is 7.89. The molecule has 0 fully saturated rings. The molecule has 3 N–H and O–H groups in total. The minimum Gasteiger partial charge on any atom is -0.493 e. The number of ether oxygens (including phenoxy) is 2. The summed E-state index contributed by atoms with van der Waals surface area (Å²) >= 11 is 1.18. The summed E-state index contributed by atoms with van der Waals surface area (Å²) in [5.74, 6) is 1.89. The summed E-state index contributed by atoms with van der Waals surface area (Å²) < 4.78 is 37.4. The highest BCUT2D eigenvalue weighted by Gasteiger charge is 2.13. The van der Waals surface area contributed by atoms with Crippen molar-refractivity contribution in [3.63, 3.8) is 0 Å². The van der Waals surface area contributed by atoms with Crippen LogP contribution in [0.2, 0.25) is 0 Å². The molecule has 0 amide bonds. The van der Waals surface area contributed by atoms with Crippen LogP contribution >= 0.6 is 11.3 Å². The van der Waals surface area contributed by atoms with E-state index in [-0.39, 0.29) is 6.54 Å². The first-order chi connectivity index (χ1) is 13.0. The largest absolute Gasteiger partial charge is 0.493 e. The van der Waals surface area contributed by atoms with E-state index in [0.717, 1.165) is 5.56 Å². The Labute approximate surface area is 163 Å². The first kappa shape index (κ1) is 21.0. The first-order valence-corrected chi connectivity index (χ1v) is 10.5. The molecule has 0 spiro atoms. The quantitative estimate of drug-likeness (QED) is 0.327. The minimum absolute atomic E-state index is 0.247. The smallest absolute Gasteiger partial charge is 0.250 e. The number of nitrogens with one attached hydrogen (secondary N) is 3. The molecule has 0 unspecified atom stereocenters. The van der Waals surface area contributed by atoms with E-state index in [2.05, 4.69) is 20.3 Å². The van der Waals surface area contributed by atoms with E-state index in [1.807, 2.05) is 18.2 Å². The van der Waals surface area contributed by atoms with E-state index in [1.54, 1.807) is 38.8 Å². The Balaban J connectivity index is 1.79. The van der Waals surface area contributed by atoms with Gasteiger partial charge in [-0.25, -0.2) is 13.1 Å². The van der Waals surface area contributed by atoms with Gasteiger partial charge in [-0.15, -0.1) is 11.3 Å². The molecule has 1 aromatic carbocycles. The summed E-state index contributed by atoms with van der Waals surface area (Å²) in [7, 11) is 1.39. The van der Waals surface area contributed by atoms with Crippen molar-refractivity contribution >= 4 is 27.3 Å². The highest BCUT2D eigenvalue weighted by atomic mass is 32.2. The molecule has 1 aromatic heterocycles. The second-order valence-corrected chi connectivity index (χ2v) is 8.31. The Morgan fingerprint density at radius 2 is 1.89 bits per heavy atom. The lowest BCUT2D eigenvalue weighted by molar-refractivity contribution is 0.354. The van der Waals surface area contributed by atoms with Gasteiger partial charge in [0.2, 0.25) is 10.0 Å². The standard InChI is InChI=1S/C17H24N4O4S2/c1-18-17(19-8-9-21-27(22,23)16-5-4-10-26-16)20-12-13-6-7-14(24-2)15(11-13)25-3/h4-7,10-11,21H,8-9,12H2,1-3H3,(H2,18,19,20). The molecule has 2 aromatic rings. The highest BCUT2D eigenvalue weighted by molar-refractivity contribution is 7.91. The van der Waals surface area contributed by atoms with Crippen molar-refractivity contribution in [2.75, 3.05) is 34.4 Å².